The lowest BCUT2D eigenvalue weighted by molar-refractivity contribution is 0.102. The fourth-order valence-electron chi connectivity index (χ4n) is 4.47. The molecule has 3 rings (SSSR count). The SMILES string of the molecule is CCN1CC(COc2ccccc2CCC(C)CC2CCCCC2)OC1=O. The number of amides is 1. The van der Waals surface area contributed by atoms with E-state index in [9.17, 15) is 4.79 Å². The number of para-hydroxylation sites is 1. The number of likely N-dealkylation sites (N-methyl/N-ethyl adjacent to an activating group) is 1. The van der Waals surface area contributed by atoms with Gasteiger partial charge in [-0.2, -0.15) is 0 Å². The van der Waals surface area contributed by atoms with E-state index in [2.05, 4.69) is 19.1 Å². The van der Waals surface area contributed by atoms with E-state index in [0.29, 0.717) is 19.7 Å². The summed E-state index contributed by atoms with van der Waals surface area (Å²) in [4.78, 5) is 13.4. The minimum Gasteiger partial charge on any atom is -0.489 e. The maximum atomic E-state index is 11.7. The van der Waals surface area contributed by atoms with E-state index in [4.69, 9.17) is 9.47 Å². The monoisotopic (exact) mass is 373 g/mol. The summed E-state index contributed by atoms with van der Waals surface area (Å²) in [5, 5.41) is 0. The van der Waals surface area contributed by atoms with Gasteiger partial charge in [0, 0.05) is 6.54 Å². The Hall–Kier alpha value is -1.71. The zero-order chi connectivity index (χ0) is 19.1. The summed E-state index contributed by atoms with van der Waals surface area (Å²) < 4.78 is 11.4. The van der Waals surface area contributed by atoms with Crippen LogP contribution in [-0.4, -0.2) is 36.8 Å². The Morgan fingerprint density at radius 2 is 2.00 bits per heavy atom. The van der Waals surface area contributed by atoms with Gasteiger partial charge in [0.2, 0.25) is 0 Å². The van der Waals surface area contributed by atoms with E-state index >= 15 is 0 Å². The molecule has 4 nitrogen and oxygen atoms in total. The summed E-state index contributed by atoms with van der Waals surface area (Å²) in [6.07, 6.45) is 10.4. The first-order valence-corrected chi connectivity index (χ1v) is 10.8. The molecule has 4 heteroatoms. The van der Waals surface area contributed by atoms with Gasteiger partial charge >= 0.3 is 6.09 Å². The van der Waals surface area contributed by atoms with Crippen molar-refractivity contribution in [1.82, 2.24) is 4.90 Å². The van der Waals surface area contributed by atoms with Gasteiger partial charge in [0.05, 0.1) is 6.54 Å². The third kappa shape index (κ3) is 5.88. The van der Waals surface area contributed by atoms with E-state index in [1.54, 1.807) is 4.90 Å². The molecule has 2 atom stereocenters. The average molecular weight is 374 g/mol. The van der Waals surface area contributed by atoms with Crippen LogP contribution in [0.25, 0.3) is 0 Å². The second-order valence-electron chi connectivity index (χ2n) is 8.35. The number of rotatable bonds is 9. The molecule has 1 aromatic rings. The first kappa shape index (κ1) is 20.0. The highest BCUT2D eigenvalue weighted by Crippen LogP contribution is 2.31. The minimum absolute atomic E-state index is 0.171. The molecule has 1 aromatic carbocycles. The van der Waals surface area contributed by atoms with Gasteiger partial charge in [-0.25, -0.2) is 4.79 Å². The maximum absolute atomic E-state index is 11.7. The molecule has 2 unspecified atom stereocenters. The van der Waals surface area contributed by atoms with E-state index in [1.165, 1.54) is 50.5 Å². The number of benzene rings is 1. The highest BCUT2D eigenvalue weighted by atomic mass is 16.6. The lowest BCUT2D eigenvalue weighted by Gasteiger charge is -2.24. The molecule has 1 amide bonds. The van der Waals surface area contributed by atoms with Gasteiger partial charge in [-0.15, -0.1) is 0 Å². The normalized spacial score (nSPS) is 21.9. The van der Waals surface area contributed by atoms with Crippen molar-refractivity contribution in [2.75, 3.05) is 19.7 Å². The molecule has 0 spiro atoms. The molecule has 0 aromatic heterocycles. The van der Waals surface area contributed by atoms with Crippen LogP contribution in [0.5, 0.6) is 5.75 Å². The van der Waals surface area contributed by atoms with E-state index < -0.39 is 0 Å². The van der Waals surface area contributed by atoms with Gasteiger partial charge in [0.25, 0.3) is 0 Å². The van der Waals surface area contributed by atoms with Gasteiger partial charge in [0.15, 0.2) is 6.10 Å². The summed E-state index contributed by atoms with van der Waals surface area (Å²) in [7, 11) is 0. The summed E-state index contributed by atoms with van der Waals surface area (Å²) >= 11 is 0. The molecule has 0 N–H and O–H groups in total. The Balaban J connectivity index is 1.46. The quantitative estimate of drug-likeness (QED) is 0.578. The van der Waals surface area contributed by atoms with Gasteiger partial charge in [-0.05, 0) is 49.7 Å². The third-order valence-electron chi connectivity index (χ3n) is 6.10. The second kappa shape index (κ2) is 10.0. The Morgan fingerprint density at radius 3 is 2.74 bits per heavy atom. The Labute approximate surface area is 164 Å². The predicted molar refractivity (Wildman–Crippen MR) is 108 cm³/mol. The molecule has 0 bridgehead atoms. The standard InChI is InChI=1S/C23H35NO3/c1-3-24-16-21(27-23(24)25)17-26-22-12-8-7-11-20(22)14-13-18(2)15-19-9-5-4-6-10-19/h7-8,11-12,18-19,21H,3-6,9-10,13-17H2,1-2H3. The fraction of sp³-hybridized carbons (Fsp3) is 0.696. The van der Waals surface area contributed by atoms with E-state index in [-0.39, 0.29) is 12.2 Å². The second-order valence-corrected chi connectivity index (χ2v) is 8.35. The molecule has 1 saturated carbocycles. The molecule has 1 saturated heterocycles. The molecule has 2 fully saturated rings. The summed E-state index contributed by atoms with van der Waals surface area (Å²) in [5.74, 6) is 2.64. The molecule has 1 heterocycles. The number of carbonyl (C=O) groups is 1. The minimum atomic E-state index is -0.226. The van der Waals surface area contributed by atoms with Crippen molar-refractivity contribution >= 4 is 6.09 Å². The number of cyclic esters (lactones) is 1. The number of carbonyl (C=O) groups excluding carboxylic acids is 1. The van der Waals surface area contributed by atoms with Crippen LogP contribution in [0.4, 0.5) is 4.79 Å². The lowest BCUT2D eigenvalue weighted by atomic mass is 9.82. The molecule has 1 aliphatic carbocycles. The molecule has 150 valence electrons. The van der Waals surface area contributed by atoms with Crippen LogP contribution in [-0.2, 0) is 11.2 Å². The van der Waals surface area contributed by atoms with Crippen molar-refractivity contribution < 1.29 is 14.3 Å². The van der Waals surface area contributed by atoms with Gasteiger partial charge in [0.1, 0.15) is 12.4 Å². The van der Waals surface area contributed by atoms with Gasteiger partial charge in [-0.3, -0.25) is 0 Å². The fourth-order valence-corrected chi connectivity index (χ4v) is 4.47. The number of hydrogen-bond donors (Lipinski definition) is 0. The first-order valence-electron chi connectivity index (χ1n) is 10.8. The van der Waals surface area contributed by atoms with Crippen molar-refractivity contribution in [3.8, 4) is 5.75 Å². The zero-order valence-corrected chi connectivity index (χ0v) is 17.0. The van der Waals surface area contributed by atoms with Crippen molar-refractivity contribution in [2.45, 2.75) is 71.3 Å². The van der Waals surface area contributed by atoms with Gasteiger partial charge in [-0.1, -0.05) is 57.2 Å². The van der Waals surface area contributed by atoms with Crippen LogP contribution in [0.1, 0.15) is 64.4 Å². The van der Waals surface area contributed by atoms with Crippen LogP contribution in [0.2, 0.25) is 0 Å². The molecule has 27 heavy (non-hydrogen) atoms. The Morgan fingerprint density at radius 1 is 1.22 bits per heavy atom. The topological polar surface area (TPSA) is 38.8 Å². The van der Waals surface area contributed by atoms with Gasteiger partial charge < -0.3 is 14.4 Å². The van der Waals surface area contributed by atoms with Crippen molar-refractivity contribution in [1.29, 1.82) is 0 Å². The summed E-state index contributed by atoms with van der Waals surface area (Å²) in [5.41, 5.74) is 1.27. The number of nitrogens with zero attached hydrogens (tertiary/aromatic N) is 1. The molecular weight excluding hydrogens is 338 g/mol. The van der Waals surface area contributed by atoms with Crippen molar-refractivity contribution in [3.63, 3.8) is 0 Å². The predicted octanol–water partition coefficient (Wildman–Crippen LogP) is 5.45. The molecule has 1 aliphatic heterocycles. The Kier molecular flexibility index (Phi) is 7.42. The van der Waals surface area contributed by atoms with Crippen LogP contribution in [0.15, 0.2) is 24.3 Å². The average Bonchev–Trinajstić information content (AvgIpc) is 3.06. The largest absolute Gasteiger partial charge is 0.489 e. The van der Waals surface area contributed by atoms with Crippen LogP contribution in [0.3, 0.4) is 0 Å². The third-order valence-corrected chi connectivity index (χ3v) is 6.10. The van der Waals surface area contributed by atoms with E-state index in [1.807, 2.05) is 19.1 Å². The molecule has 0 radical (unpaired) electrons. The number of aryl methyl sites for hydroxylation is 1. The molecule has 2 aliphatic rings. The maximum Gasteiger partial charge on any atom is 0.410 e. The van der Waals surface area contributed by atoms with Crippen molar-refractivity contribution in [2.24, 2.45) is 11.8 Å². The van der Waals surface area contributed by atoms with E-state index in [0.717, 1.165) is 24.0 Å². The molecular formula is C23H35NO3. The first-order chi connectivity index (χ1) is 13.2. The highest BCUT2D eigenvalue weighted by molar-refractivity contribution is 5.69. The number of hydrogen-bond acceptors (Lipinski definition) is 3. The highest BCUT2D eigenvalue weighted by Gasteiger charge is 2.30. The van der Waals surface area contributed by atoms with Crippen LogP contribution >= 0.6 is 0 Å². The zero-order valence-electron chi connectivity index (χ0n) is 17.0. The van der Waals surface area contributed by atoms with Crippen LogP contribution in [0, 0.1) is 11.8 Å². The smallest absolute Gasteiger partial charge is 0.410 e. The number of ether oxygens (including phenoxy) is 2. The lowest BCUT2D eigenvalue weighted by Crippen LogP contribution is -2.26. The van der Waals surface area contributed by atoms with Crippen LogP contribution < -0.4 is 4.74 Å². The summed E-state index contributed by atoms with van der Waals surface area (Å²) in [6.45, 7) is 6.10. The van der Waals surface area contributed by atoms with Crippen molar-refractivity contribution in [3.05, 3.63) is 29.8 Å². The Bertz CT molecular complexity index is 597. The summed E-state index contributed by atoms with van der Waals surface area (Å²) in [6, 6.07) is 8.31.